The van der Waals surface area contributed by atoms with Crippen LogP contribution in [0.25, 0.3) is 0 Å². The topological polar surface area (TPSA) is 54.0 Å². The maximum Gasteiger partial charge on any atom is 0.509 e. The van der Waals surface area contributed by atoms with Gasteiger partial charge >= 0.3 is 6.16 Å². The Bertz CT molecular complexity index is 362. The second-order valence-electron chi connectivity index (χ2n) is 4.81. The summed E-state index contributed by atoms with van der Waals surface area (Å²) in [6.45, 7) is 11.0. The molecule has 0 N–H and O–H groups in total. The summed E-state index contributed by atoms with van der Waals surface area (Å²) in [5, 5.41) is 0. The first-order chi connectivity index (χ1) is 8.46. The maximum absolute atomic E-state index is 11.3. The number of cyclic esters (lactones) is 2. The van der Waals surface area contributed by atoms with E-state index in [2.05, 4.69) is 13.2 Å². The van der Waals surface area contributed by atoms with Crippen molar-refractivity contribution in [3.63, 3.8) is 0 Å². The van der Waals surface area contributed by atoms with E-state index < -0.39 is 24.2 Å². The molecular formula is C13H18O5. The molecule has 2 fully saturated rings. The molecule has 2 saturated heterocycles. The largest absolute Gasteiger partial charge is 0.509 e. The van der Waals surface area contributed by atoms with E-state index in [1.165, 1.54) is 0 Å². The number of rotatable bonds is 4. The Morgan fingerprint density at radius 1 is 1.22 bits per heavy atom. The van der Waals surface area contributed by atoms with Crippen molar-refractivity contribution >= 4 is 6.16 Å². The van der Waals surface area contributed by atoms with Crippen molar-refractivity contribution in [2.45, 2.75) is 50.5 Å². The highest BCUT2D eigenvalue weighted by Crippen LogP contribution is 2.35. The van der Waals surface area contributed by atoms with Crippen LogP contribution in [-0.2, 0) is 18.9 Å². The Hall–Kier alpha value is -1.33. The van der Waals surface area contributed by atoms with Gasteiger partial charge in [0.25, 0.3) is 0 Å². The van der Waals surface area contributed by atoms with E-state index in [1.807, 2.05) is 13.8 Å². The lowest BCUT2D eigenvalue weighted by molar-refractivity contribution is -0.153. The minimum Gasteiger partial charge on any atom is -0.427 e. The molecule has 0 aliphatic carbocycles. The molecule has 5 heteroatoms. The lowest BCUT2D eigenvalue weighted by Gasteiger charge is -2.22. The molecule has 0 amide bonds. The van der Waals surface area contributed by atoms with Crippen molar-refractivity contribution < 1.29 is 23.7 Å². The van der Waals surface area contributed by atoms with Crippen molar-refractivity contribution in [2.24, 2.45) is 0 Å². The van der Waals surface area contributed by atoms with Crippen molar-refractivity contribution in [2.75, 3.05) is 0 Å². The van der Waals surface area contributed by atoms with Crippen LogP contribution in [0.15, 0.2) is 25.3 Å². The van der Waals surface area contributed by atoms with Crippen LogP contribution in [0, 0.1) is 0 Å². The molecule has 0 unspecified atom stereocenters. The summed E-state index contributed by atoms with van der Waals surface area (Å²) in [6.07, 6.45) is 1.55. The standard InChI is InChI=1S/C13H18O5/c1-5-7-9-10(16-12(14)15-9)11-8(6-2)17-13(3,4)18-11/h5-6,8-11H,1-2,7H2,3-4H3/t8-,9+,10-,11-/m0/s1. The van der Waals surface area contributed by atoms with Crippen LogP contribution in [0.3, 0.4) is 0 Å². The zero-order valence-electron chi connectivity index (χ0n) is 10.6. The van der Waals surface area contributed by atoms with Crippen LogP contribution < -0.4 is 0 Å². The van der Waals surface area contributed by atoms with E-state index in [9.17, 15) is 4.79 Å². The van der Waals surface area contributed by atoms with E-state index in [-0.39, 0.29) is 12.2 Å². The summed E-state index contributed by atoms with van der Waals surface area (Å²) < 4.78 is 21.7. The van der Waals surface area contributed by atoms with Gasteiger partial charge in [-0.25, -0.2) is 4.79 Å². The van der Waals surface area contributed by atoms with Crippen LogP contribution >= 0.6 is 0 Å². The van der Waals surface area contributed by atoms with Gasteiger partial charge in [0, 0.05) is 6.42 Å². The fraction of sp³-hybridized carbons (Fsp3) is 0.615. The van der Waals surface area contributed by atoms with E-state index in [0.29, 0.717) is 6.42 Å². The molecule has 0 spiro atoms. The molecule has 0 radical (unpaired) electrons. The summed E-state index contributed by atoms with van der Waals surface area (Å²) in [5.74, 6) is -0.725. The molecule has 0 aromatic rings. The Morgan fingerprint density at radius 2 is 1.94 bits per heavy atom. The normalized spacial score (nSPS) is 38.0. The van der Waals surface area contributed by atoms with Crippen molar-refractivity contribution in [1.82, 2.24) is 0 Å². The van der Waals surface area contributed by atoms with Gasteiger partial charge in [-0.05, 0) is 13.8 Å². The summed E-state index contributed by atoms with van der Waals surface area (Å²) in [4.78, 5) is 11.3. The van der Waals surface area contributed by atoms with Gasteiger partial charge in [0.2, 0.25) is 0 Å². The van der Waals surface area contributed by atoms with E-state index >= 15 is 0 Å². The highest BCUT2D eigenvalue weighted by molar-refractivity contribution is 5.62. The lowest BCUT2D eigenvalue weighted by Crippen LogP contribution is -2.41. The zero-order chi connectivity index (χ0) is 13.3. The van der Waals surface area contributed by atoms with Crippen LogP contribution in [0.2, 0.25) is 0 Å². The Kier molecular flexibility index (Phi) is 3.45. The van der Waals surface area contributed by atoms with Gasteiger partial charge in [-0.3, -0.25) is 0 Å². The zero-order valence-corrected chi connectivity index (χ0v) is 10.6. The fourth-order valence-corrected chi connectivity index (χ4v) is 2.28. The molecule has 2 aliphatic heterocycles. The highest BCUT2D eigenvalue weighted by atomic mass is 16.8. The third-order valence-corrected chi connectivity index (χ3v) is 2.97. The van der Waals surface area contributed by atoms with Gasteiger partial charge in [-0.1, -0.05) is 12.2 Å². The van der Waals surface area contributed by atoms with Gasteiger partial charge in [0.1, 0.15) is 18.3 Å². The molecule has 4 atom stereocenters. The molecule has 2 rings (SSSR count). The number of hydrogen-bond acceptors (Lipinski definition) is 5. The molecule has 0 bridgehead atoms. The van der Waals surface area contributed by atoms with Crippen LogP contribution in [0.4, 0.5) is 4.79 Å². The summed E-state index contributed by atoms with van der Waals surface area (Å²) in [6, 6.07) is 0. The van der Waals surface area contributed by atoms with Crippen molar-refractivity contribution in [3.05, 3.63) is 25.3 Å². The van der Waals surface area contributed by atoms with E-state index in [4.69, 9.17) is 18.9 Å². The number of carbonyl (C=O) groups is 1. The number of ether oxygens (including phenoxy) is 4. The molecule has 0 aromatic heterocycles. The van der Waals surface area contributed by atoms with Crippen LogP contribution in [0.1, 0.15) is 20.3 Å². The fourth-order valence-electron chi connectivity index (χ4n) is 2.28. The van der Waals surface area contributed by atoms with Gasteiger partial charge in [-0.2, -0.15) is 0 Å². The second-order valence-corrected chi connectivity index (χ2v) is 4.81. The predicted molar refractivity (Wildman–Crippen MR) is 64.0 cm³/mol. The quantitative estimate of drug-likeness (QED) is 0.568. The molecule has 0 saturated carbocycles. The predicted octanol–water partition coefficient (Wildman–Crippen LogP) is 2.17. The molecule has 18 heavy (non-hydrogen) atoms. The lowest BCUT2D eigenvalue weighted by atomic mass is 10.0. The first-order valence-electron chi connectivity index (χ1n) is 5.93. The van der Waals surface area contributed by atoms with Gasteiger partial charge in [0.15, 0.2) is 11.9 Å². The highest BCUT2D eigenvalue weighted by Gasteiger charge is 2.51. The molecule has 2 aliphatic rings. The Morgan fingerprint density at radius 3 is 2.56 bits per heavy atom. The SMILES string of the molecule is C=CC[C@H]1OC(=O)O[C@@H]1[C@H]1OC(C)(C)O[C@H]1C=C. The number of hydrogen-bond donors (Lipinski definition) is 0. The minimum atomic E-state index is -0.725. The average Bonchev–Trinajstić information content (AvgIpc) is 2.79. The molecule has 5 nitrogen and oxygen atoms in total. The van der Waals surface area contributed by atoms with E-state index in [1.54, 1.807) is 12.2 Å². The molecule has 100 valence electrons. The summed E-state index contributed by atoms with van der Waals surface area (Å²) in [5.41, 5.74) is 0. The second kappa shape index (κ2) is 4.74. The molecule has 2 heterocycles. The average molecular weight is 254 g/mol. The van der Waals surface area contributed by atoms with Gasteiger partial charge in [0.05, 0.1) is 0 Å². The third-order valence-electron chi connectivity index (χ3n) is 2.97. The third kappa shape index (κ3) is 2.42. The van der Waals surface area contributed by atoms with Crippen molar-refractivity contribution in [1.29, 1.82) is 0 Å². The van der Waals surface area contributed by atoms with Crippen molar-refractivity contribution in [3.8, 4) is 0 Å². The first kappa shape index (κ1) is 13.1. The van der Waals surface area contributed by atoms with E-state index in [0.717, 1.165) is 0 Å². The summed E-state index contributed by atoms with van der Waals surface area (Å²) in [7, 11) is 0. The van der Waals surface area contributed by atoms with Crippen LogP contribution in [0.5, 0.6) is 0 Å². The van der Waals surface area contributed by atoms with Gasteiger partial charge in [-0.15, -0.1) is 13.2 Å². The molecular weight excluding hydrogens is 236 g/mol. The number of carbonyl (C=O) groups excluding carboxylic acids is 1. The summed E-state index contributed by atoms with van der Waals surface area (Å²) >= 11 is 0. The minimum absolute atomic E-state index is 0.327. The monoisotopic (exact) mass is 254 g/mol. The first-order valence-corrected chi connectivity index (χ1v) is 5.93. The Balaban J connectivity index is 2.16. The maximum atomic E-state index is 11.3. The smallest absolute Gasteiger partial charge is 0.427 e. The van der Waals surface area contributed by atoms with Crippen LogP contribution in [-0.4, -0.2) is 36.4 Å². The molecule has 0 aromatic carbocycles. The Labute approximate surface area is 106 Å². The van der Waals surface area contributed by atoms with Gasteiger partial charge < -0.3 is 18.9 Å².